The number of aliphatic carboxylic acids is 1. The quantitative estimate of drug-likeness (QED) is 0.803. The maximum atomic E-state index is 10.6. The molecule has 0 aromatic carbocycles. The van der Waals surface area contributed by atoms with Gasteiger partial charge in [-0.1, -0.05) is 0 Å². The van der Waals surface area contributed by atoms with E-state index in [9.17, 15) is 13.2 Å². The van der Waals surface area contributed by atoms with Gasteiger partial charge in [0.1, 0.15) is 6.33 Å². The number of carboxylic acids is 1. The van der Waals surface area contributed by atoms with Crippen LogP contribution in [0.2, 0.25) is 0 Å². The van der Waals surface area contributed by atoms with E-state index >= 15 is 0 Å². The minimum Gasteiger partial charge on any atom is -0.475 e. The molecule has 0 aliphatic carbocycles. The Morgan fingerprint density at radius 2 is 1.90 bits per heavy atom. The van der Waals surface area contributed by atoms with E-state index in [4.69, 9.17) is 19.4 Å². The third-order valence-electron chi connectivity index (χ3n) is 4.79. The van der Waals surface area contributed by atoms with Crippen LogP contribution in [0, 0.1) is 5.92 Å². The Morgan fingerprint density at radius 1 is 1.28 bits per heavy atom. The van der Waals surface area contributed by atoms with Gasteiger partial charge in [-0.25, -0.2) is 14.8 Å². The smallest absolute Gasteiger partial charge is 0.475 e. The number of halogens is 3. The van der Waals surface area contributed by atoms with Crippen LogP contribution in [0.5, 0.6) is 5.88 Å². The van der Waals surface area contributed by atoms with E-state index in [0.717, 1.165) is 50.9 Å². The Hall–Kier alpha value is -1.94. The van der Waals surface area contributed by atoms with E-state index in [2.05, 4.69) is 14.9 Å². The van der Waals surface area contributed by atoms with Crippen molar-refractivity contribution in [3.63, 3.8) is 0 Å². The third-order valence-corrected chi connectivity index (χ3v) is 4.79. The average molecular weight is 419 g/mol. The number of rotatable bonds is 4. The Labute approximate surface area is 168 Å². The lowest BCUT2D eigenvalue weighted by Crippen LogP contribution is -2.34. The Morgan fingerprint density at radius 3 is 2.48 bits per heavy atom. The number of carbonyl (C=O) groups is 1. The molecule has 3 rings (SSSR count). The molecule has 0 amide bonds. The number of ether oxygens (including phenoxy) is 2. The SMILES string of the molecule is CC(C)Oc1ncnc2c1CCN(CC1CCOCC1)CC2.O=C(O)C(F)(F)F. The van der Waals surface area contributed by atoms with Gasteiger partial charge in [0.05, 0.1) is 11.8 Å². The summed E-state index contributed by atoms with van der Waals surface area (Å²) in [6, 6.07) is 0. The van der Waals surface area contributed by atoms with Gasteiger partial charge in [0.2, 0.25) is 5.88 Å². The van der Waals surface area contributed by atoms with Crippen LogP contribution in [-0.2, 0) is 22.4 Å². The monoisotopic (exact) mass is 419 g/mol. The first-order valence-electron chi connectivity index (χ1n) is 9.76. The van der Waals surface area contributed by atoms with Crippen molar-refractivity contribution in [2.75, 3.05) is 32.8 Å². The topological polar surface area (TPSA) is 84.8 Å². The van der Waals surface area contributed by atoms with E-state index in [0.29, 0.717) is 0 Å². The average Bonchev–Trinajstić information content (AvgIpc) is 2.85. The first-order chi connectivity index (χ1) is 13.7. The standard InChI is InChI=1S/C17H27N3O2.C2HF3O2/c1-13(2)22-17-15-3-7-20(8-4-16(15)18-12-19-17)11-14-5-9-21-10-6-14;3-2(4,5)1(6)7/h12-14H,3-11H2,1-2H3;(H,6,7). The van der Waals surface area contributed by atoms with Gasteiger partial charge in [-0.2, -0.15) is 13.2 Å². The highest BCUT2D eigenvalue weighted by molar-refractivity contribution is 5.73. The minimum absolute atomic E-state index is 0.153. The van der Waals surface area contributed by atoms with Crippen molar-refractivity contribution < 1.29 is 32.5 Å². The van der Waals surface area contributed by atoms with Gasteiger partial charge in [-0.05, 0) is 39.0 Å². The zero-order valence-corrected chi connectivity index (χ0v) is 16.7. The molecule has 7 nitrogen and oxygen atoms in total. The lowest BCUT2D eigenvalue weighted by Gasteiger charge is -2.28. The van der Waals surface area contributed by atoms with Crippen molar-refractivity contribution >= 4 is 5.97 Å². The van der Waals surface area contributed by atoms with E-state index < -0.39 is 12.1 Å². The molecule has 2 aliphatic rings. The normalized spacial score (nSPS) is 18.4. The molecule has 1 fully saturated rings. The minimum atomic E-state index is -5.08. The van der Waals surface area contributed by atoms with E-state index in [1.54, 1.807) is 6.33 Å². The predicted octanol–water partition coefficient (Wildman–Crippen LogP) is 2.72. The van der Waals surface area contributed by atoms with Crippen molar-refractivity contribution in [2.45, 2.75) is 51.8 Å². The molecule has 1 aromatic heterocycles. The Kier molecular flexibility index (Phi) is 8.63. The van der Waals surface area contributed by atoms with Crippen LogP contribution >= 0.6 is 0 Å². The zero-order valence-electron chi connectivity index (χ0n) is 16.7. The summed E-state index contributed by atoms with van der Waals surface area (Å²) >= 11 is 0. The van der Waals surface area contributed by atoms with E-state index in [1.165, 1.54) is 30.6 Å². The number of alkyl halides is 3. The van der Waals surface area contributed by atoms with Gasteiger partial charge in [-0.3, -0.25) is 0 Å². The third kappa shape index (κ3) is 7.77. The lowest BCUT2D eigenvalue weighted by atomic mass is 9.99. The highest BCUT2D eigenvalue weighted by atomic mass is 19.4. The number of nitrogens with zero attached hydrogens (tertiary/aromatic N) is 3. The highest BCUT2D eigenvalue weighted by Gasteiger charge is 2.38. The maximum Gasteiger partial charge on any atom is 0.490 e. The van der Waals surface area contributed by atoms with Gasteiger partial charge in [0.15, 0.2) is 0 Å². The molecule has 0 spiro atoms. The van der Waals surface area contributed by atoms with E-state index in [-0.39, 0.29) is 6.10 Å². The van der Waals surface area contributed by atoms with Crippen molar-refractivity contribution in [2.24, 2.45) is 5.92 Å². The van der Waals surface area contributed by atoms with Crippen LogP contribution in [0.25, 0.3) is 0 Å². The van der Waals surface area contributed by atoms with Crippen LogP contribution in [0.4, 0.5) is 13.2 Å². The van der Waals surface area contributed by atoms with Crippen molar-refractivity contribution in [1.29, 1.82) is 0 Å². The fourth-order valence-corrected chi connectivity index (χ4v) is 3.34. The molecule has 164 valence electrons. The molecule has 3 heterocycles. The van der Waals surface area contributed by atoms with Crippen molar-refractivity contribution in [1.82, 2.24) is 14.9 Å². The molecule has 10 heteroatoms. The van der Waals surface area contributed by atoms with Crippen LogP contribution in [0.15, 0.2) is 6.33 Å². The van der Waals surface area contributed by atoms with Crippen molar-refractivity contribution in [3.05, 3.63) is 17.6 Å². The largest absolute Gasteiger partial charge is 0.490 e. The fourth-order valence-electron chi connectivity index (χ4n) is 3.34. The molecule has 0 saturated carbocycles. The summed E-state index contributed by atoms with van der Waals surface area (Å²) in [6.45, 7) is 9.29. The molecular weight excluding hydrogens is 391 g/mol. The van der Waals surface area contributed by atoms with Crippen LogP contribution in [0.1, 0.15) is 37.9 Å². The number of carboxylic acid groups (broad SMARTS) is 1. The first-order valence-corrected chi connectivity index (χ1v) is 9.76. The summed E-state index contributed by atoms with van der Waals surface area (Å²) in [5, 5.41) is 7.12. The highest BCUT2D eigenvalue weighted by Crippen LogP contribution is 2.24. The molecule has 0 bridgehead atoms. The summed E-state index contributed by atoms with van der Waals surface area (Å²) in [4.78, 5) is 20.3. The predicted molar refractivity (Wildman–Crippen MR) is 98.9 cm³/mol. The number of hydrogen-bond acceptors (Lipinski definition) is 6. The van der Waals surface area contributed by atoms with Crippen molar-refractivity contribution in [3.8, 4) is 5.88 Å². The second kappa shape index (κ2) is 10.7. The van der Waals surface area contributed by atoms with Gasteiger partial charge >= 0.3 is 12.1 Å². The Balaban J connectivity index is 0.000000370. The van der Waals surface area contributed by atoms with Gasteiger partial charge in [-0.15, -0.1) is 0 Å². The molecule has 0 unspecified atom stereocenters. The Bertz CT molecular complexity index is 665. The molecule has 29 heavy (non-hydrogen) atoms. The summed E-state index contributed by atoms with van der Waals surface area (Å²) in [5.74, 6) is -1.19. The zero-order chi connectivity index (χ0) is 21.4. The molecule has 0 atom stereocenters. The summed E-state index contributed by atoms with van der Waals surface area (Å²) in [7, 11) is 0. The maximum absolute atomic E-state index is 10.6. The summed E-state index contributed by atoms with van der Waals surface area (Å²) in [5.41, 5.74) is 2.38. The number of aromatic nitrogens is 2. The van der Waals surface area contributed by atoms with Gasteiger partial charge in [0, 0.05) is 44.8 Å². The van der Waals surface area contributed by atoms with Gasteiger partial charge in [0.25, 0.3) is 0 Å². The molecule has 1 saturated heterocycles. The first kappa shape index (κ1) is 23.3. The lowest BCUT2D eigenvalue weighted by molar-refractivity contribution is -0.192. The second-order valence-corrected chi connectivity index (χ2v) is 7.43. The molecular formula is C19H28F3N3O4. The van der Waals surface area contributed by atoms with Crippen LogP contribution < -0.4 is 4.74 Å². The number of fused-ring (bicyclic) bond motifs is 1. The van der Waals surface area contributed by atoms with Gasteiger partial charge < -0.3 is 19.5 Å². The van der Waals surface area contributed by atoms with Crippen LogP contribution in [-0.4, -0.2) is 71.1 Å². The fraction of sp³-hybridized carbons (Fsp3) is 0.737. The molecule has 2 aliphatic heterocycles. The van der Waals surface area contributed by atoms with Crippen LogP contribution in [0.3, 0.4) is 0 Å². The molecule has 0 radical (unpaired) electrons. The second-order valence-electron chi connectivity index (χ2n) is 7.43. The summed E-state index contributed by atoms with van der Waals surface area (Å²) < 4.78 is 43.1. The molecule has 1 N–H and O–H groups in total. The summed E-state index contributed by atoms with van der Waals surface area (Å²) in [6.07, 6.45) is 1.10. The van der Waals surface area contributed by atoms with E-state index in [1.807, 2.05) is 13.8 Å². The number of hydrogen-bond donors (Lipinski definition) is 1. The molecule has 1 aromatic rings.